The number of amides is 1. The summed E-state index contributed by atoms with van der Waals surface area (Å²) in [6, 6.07) is 4.10. The van der Waals surface area contributed by atoms with Crippen molar-refractivity contribution in [3.8, 4) is 11.8 Å². The van der Waals surface area contributed by atoms with Gasteiger partial charge in [-0.15, -0.1) is 0 Å². The van der Waals surface area contributed by atoms with E-state index >= 15 is 0 Å². The Kier molecular flexibility index (Phi) is 5.53. The van der Waals surface area contributed by atoms with Gasteiger partial charge in [0.1, 0.15) is 5.82 Å². The van der Waals surface area contributed by atoms with Crippen LogP contribution < -0.4 is 11.1 Å². The molecule has 4 heteroatoms. The van der Waals surface area contributed by atoms with Crippen molar-refractivity contribution in [2.75, 3.05) is 11.9 Å². The third-order valence-corrected chi connectivity index (χ3v) is 2.98. The first kappa shape index (κ1) is 15.2. The minimum absolute atomic E-state index is 0.0996. The Bertz CT molecular complexity index is 515. The van der Waals surface area contributed by atoms with E-state index in [4.69, 9.17) is 5.73 Å². The summed E-state index contributed by atoms with van der Waals surface area (Å²) >= 11 is 0. The molecule has 1 unspecified atom stereocenters. The largest absolute Gasteiger partial charge is 0.325 e. The molecule has 19 heavy (non-hydrogen) atoms. The van der Waals surface area contributed by atoms with Gasteiger partial charge in [-0.25, -0.2) is 4.39 Å². The fraction of sp³-hybridized carbons (Fsp3) is 0.400. The summed E-state index contributed by atoms with van der Waals surface area (Å²) in [5.41, 5.74) is 6.25. The second-order valence-corrected chi connectivity index (χ2v) is 4.72. The number of hydrogen-bond acceptors (Lipinski definition) is 2. The first-order valence-electron chi connectivity index (χ1n) is 6.25. The Morgan fingerprint density at radius 2 is 2.11 bits per heavy atom. The van der Waals surface area contributed by atoms with Crippen molar-refractivity contribution in [3.63, 3.8) is 0 Å². The van der Waals surface area contributed by atoms with Crippen LogP contribution in [0.3, 0.4) is 0 Å². The van der Waals surface area contributed by atoms with Crippen LogP contribution in [-0.2, 0) is 4.79 Å². The Balaban J connectivity index is 2.97. The summed E-state index contributed by atoms with van der Waals surface area (Å²) in [6.45, 7) is 6.00. The van der Waals surface area contributed by atoms with E-state index in [2.05, 4.69) is 17.2 Å². The zero-order valence-corrected chi connectivity index (χ0v) is 11.5. The number of rotatable bonds is 3. The van der Waals surface area contributed by atoms with E-state index in [1.807, 2.05) is 20.8 Å². The number of hydrogen-bond donors (Lipinski definition) is 2. The smallest absolute Gasteiger partial charge is 0.227 e. The van der Waals surface area contributed by atoms with Crippen LogP contribution in [0.5, 0.6) is 0 Å². The molecule has 1 aromatic carbocycles. The molecule has 0 aromatic heterocycles. The molecule has 1 aromatic rings. The SMILES string of the molecule is CC(C)C(C)C(=O)Nc1ccc(F)cc1C#CCN. The van der Waals surface area contributed by atoms with Gasteiger partial charge in [0.15, 0.2) is 0 Å². The van der Waals surface area contributed by atoms with Gasteiger partial charge in [0.25, 0.3) is 0 Å². The van der Waals surface area contributed by atoms with Crippen molar-refractivity contribution in [2.24, 2.45) is 17.6 Å². The number of benzene rings is 1. The first-order chi connectivity index (χ1) is 8.95. The molecule has 1 rings (SSSR count). The van der Waals surface area contributed by atoms with Gasteiger partial charge in [0, 0.05) is 5.92 Å². The standard InChI is InChI=1S/C15H19FN2O/c1-10(2)11(3)15(19)18-14-7-6-13(16)9-12(14)5-4-8-17/h6-7,9-11H,8,17H2,1-3H3,(H,18,19). The fourth-order valence-electron chi connectivity index (χ4n) is 1.42. The van der Waals surface area contributed by atoms with Crippen LogP contribution >= 0.6 is 0 Å². The number of anilines is 1. The quantitative estimate of drug-likeness (QED) is 0.822. The zero-order chi connectivity index (χ0) is 14.4. The summed E-state index contributed by atoms with van der Waals surface area (Å²) < 4.78 is 13.2. The highest BCUT2D eigenvalue weighted by molar-refractivity contribution is 5.93. The highest BCUT2D eigenvalue weighted by Gasteiger charge is 2.17. The van der Waals surface area contributed by atoms with Crippen LogP contribution in [0.4, 0.5) is 10.1 Å². The van der Waals surface area contributed by atoms with Gasteiger partial charge in [-0.05, 0) is 24.1 Å². The molecule has 0 aliphatic carbocycles. The van der Waals surface area contributed by atoms with Crippen LogP contribution in [0, 0.1) is 29.5 Å². The molecule has 3 N–H and O–H groups in total. The summed E-state index contributed by atoms with van der Waals surface area (Å²) in [6.07, 6.45) is 0. The summed E-state index contributed by atoms with van der Waals surface area (Å²) in [5.74, 6) is 5.03. The summed E-state index contributed by atoms with van der Waals surface area (Å²) in [4.78, 5) is 12.0. The number of carbonyl (C=O) groups excluding carboxylic acids is 1. The van der Waals surface area contributed by atoms with Crippen molar-refractivity contribution >= 4 is 11.6 Å². The summed E-state index contributed by atoms with van der Waals surface area (Å²) in [5, 5.41) is 2.78. The minimum atomic E-state index is -0.392. The molecule has 0 aliphatic rings. The lowest BCUT2D eigenvalue weighted by molar-refractivity contribution is -0.120. The van der Waals surface area contributed by atoms with Crippen LogP contribution in [0.2, 0.25) is 0 Å². The van der Waals surface area contributed by atoms with E-state index in [9.17, 15) is 9.18 Å². The molecule has 102 valence electrons. The van der Waals surface area contributed by atoms with Gasteiger partial charge in [-0.3, -0.25) is 4.79 Å². The lowest BCUT2D eigenvalue weighted by Gasteiger charge is -2.16. The average Bonchev–Trinajstić information content (AvgIpc) is 2.37. The molecule has 0 radical (unpaired) electrons. The Morgan fingerprint density at radius 1 is 1.42 bits per heavy atom. The van der Waals surface area contributed by atoms with Crippen molar-refractivity contribution in [1.82, 2.24) is 0 Å². The molecule has 1 atom stereocenters. The molecule has 0 saturated carbocycles. The van der Waals surface area contributed by atoms with Crippen molar-refractivity contribution in [1.29, 1.82) is 0 Å². The molecule has 0 saturated heterocycles. The van der Waals surface area contributed by atoms with E-state index in [1.165, 1.54) is 18.2 Å². The Morgan fingerprint density at radius 3 is 2.68 bits per heavy atom. The molecule has 3 nitrogen and oxygen atoms in total. The highest BCUT2D eigenvalue weighted by Crippen LogP contribution is 2.19. The van der Waals surface area contributed by atoms with E-state index in [-0.39, 0.29) is 24.3 Å². The average molecular weight is 262 g/mol. The normalized spacial score (nSPS) is 11.7. The molecule has 0 heterocycles. The molecule has 1 amide bonds. The maximum Gasteiger partial charge on any atom is 0.227 e. The van der Waals surface area contributed by atoms with Gasteiger partial charge in [-0.2, -0.15) is 0 Å². The third kappa shape index (κ3) is 4.38. The maximum atomic E-state index is 13.2. The van der Waals surface area contributed by atoms with Crippen LogP contribution in [0.25, 0.3) is 0 Å². The lowest BCUT2D eigenvalue weighted by Crippen LogP contribution is -2.24. The van der Waals surface area contributed by atoms with E-state index in [0.717, 1.165) is 0 Å². The van der Waals surface area contributed by atoms with Crippen molar-refractivity contribution < 1.29 is 9.18 Å². The third-order valence-electron chi connectivity index (χ3n) is 2.98. The molecular formula is C15H19FN2O. The summed E-state index contributed by atoms with van der Waals surface area (Å²) in [7, 11) is 0. The highest BCUT2D eigenvalue weighted by atomic mass is 19.1. The second kappa shape index (κ2) is 6.91. The predicted molar refractivity (Wildman–Crippen MR) is 75.0 cm³/mol. The Hall–Kier alpha value is -1.86. The molecule has 0 aliphatic heterocycles. The second-order valence-electron chi connectivity index (χ2n) is 4.72. The zero-order valence-electron chi connectivity index (χ0n) is 11.5. The van der Waals surface area contributed by atoms with Gasteiger partial charge >= 0.3 is 0 Å². The topological polar surface area (TPSA) is 55.1 Å². The predicted octanol–water partition coefficient (Wildman–Crippen LogP) is 2.37. The maximum absolute atomic E-state index is 13.2. The van der Waals surface area contributed by atoms with Gasteiger partial charge < -0.3 is 11.1 Å². The van der Waals surface area contributed by atoms with Crippen molar-refractivity contribution in [3.05, 3.63) is 29.6 Å². The first-order valence-corrected chi connectivity index (χ1v) is 6.25. The van der Waals surface area contributed by atoms with Crippen molar-refractivity contribution in [2.45, 2.75) is 20.8 Å². The van der Waals surface area contributed by atoms with E-state index in [0.29, 0.717) is 11.3 Å². The van der Waals surface area contributed by atoms with Gasteiger partial charge in [0.05, 0.1) is 17.8 Å². The lowest BCUT2D eigenvalue weighted by atomic mass is 9.97. The number of carbonyl (C=O) groups is 1. The van der Waals surface area contributed by atoms with Crippen LogP contribution in [-0.4, -0.2) is 12.5 Å². The Labute approximate surface area is 113 Å². The fourth-order valence-corrected chi connectivity index (χ4v) is 1.42. The number of nitrogens with two attached hydrogens (primary N) is 1. The molecule has 0 fully saturated rings. The number of halogens is 1. The monoisotopic (exact) mass is 262 g/mol. The minimum Gasteiger partial charge on any atom is -0.325 e. The van der Waals surface area contributed by atoms with E-state index < -0.39 is 5.82 Å². The molecular weight excluding hydrogens is 243 g/mol. The molecule has 0 bridgehead atoms. The van der Waals surface area contributed by atoms with Gasteiger partial charge in [-0.1, -0.05) is 32.6 Å². The molecule has 0 spiro atoms. The van der Waals surface area contributed by atoms with E-state index in [1.54, 1.807) is 0 Å². The van der Waals surface area contributed by atoms with Gasteiger partial charge in [0.2, 0.25) is 5.91 Å². The van der Waals surface area contributed by atoms with Crippen LogP contribution in [0.1, 0.15) is 26.3 Å². The number of nitrogens with one attached hydrogen (secondary N) is 1. The van der Waals surface area contributed by atoms with Crippen LogP contribution in [0.15, 0.2) is 18.2 Å².